The summed E-state index contributed by atoms with van der Waals surface area (Å²) in [5.74, 6) is 1.69. The second kappa shape index (κ2) is 10.5. The topological polar surface area (TPSA) is 104 Å². The average Bonchev–Trinajstić information content (AvgIpc) is 3.16. The zero-order valence-corrected chi connectivity index (χ0v) is 20.1. The Morgan fingerprint density at radius 1 is 1.14 bits per heavy atom. The van der Waals surface area contributed by atoms with Gasteiger partial charge >= 0.3 is 0 Å². The second-order valence-electron chi connectivity index (χ2n) is 8.24. The van der Waals surface area contributed by atoms with E-state index in [1.807, 2.05) is 6.92 Å². The molecule has 1 aromatic heterocycles. The van der Waals surface area contributed by atoms with Crippen LogP contribution in [0.4, 0.5) is 5.82 Å². The standard InChI is InChI=1S/C25H28N4O6/c1-16(15-32-4)34-19-11-17(24(30)26-23-7-8-29(3)27-23)12-20(13-19)35-18-5-6-21-22(14-18)33-10-9-28(2)25(21)31/h5-8,11-14,16H,9-10,15H2,1-4H3,(H,26,27,30)/t16-/m0/s1. The molecule has 2 aromatic carbocycles. The molecular formula is C25H28N4O6. The van der Waals surface area contributed by atoms with Crippen LogP contribution in [0.2, 0.25) is 0 Å². The van der Waals surface area contributed by atoms with E-state index in [2.05, 4.69) is 10.4 Å². The minimum Gasteiger partial charge on any atom is -0.491 e. The molecule has 1 N–H and O–H groups in total. The summed E-state index contributed by atoms with van der Waals surface area (Å²) in [6.45, 7) is 3.13. The molecule has 0 aliphatic carbocycles. The molecule has 10 nitrogen and oxygen atoms in total. The van der Waals surface area contributed by atoms with E-state index in [0.29, 0.717) is 59.7 Å². The van der Waals surface area contributed by atoms with E-state index in [4.69, 9.17) is 18.9 Å². The summed E-state index contributed by atoms with van der Waals surface area (Å²) in [5, 5.41) is 6.95. The van der Waals surface area contributed by atoms with E-state index in [-0.39, 0.29) is 17.9 Å². The molecule has 3 aromatic rings. The van der Waals surface area contributed by atoms with Crippen LogP contribution in [0.25, 0.3) is 0 Å². The number of methoxy groups -OCH3 is 1. The van der Waals surface area contributed by atoms with Gasteiger partial charge in [-0.15, -0.1) is 0 Å². The highest BCUT2D eigenvalue weighted by atomic mass is 16.5. The summed E-state index contributed by atoms with van der Waals surface area (Å²) in [7, 11) is 5.09. The van der Waals surface area contributed by atoms with Crippen molar-refractivity contribution < 1.29 is 28.5 Å². The lowest BCUT2D eigenvalue weighted by Gasteiger charge is -2.16. The van der Waals surface area contributed by atoms with Crippen LogP contribution in [-0.2, 0) is 11.8 Å². The van der Waals surface area contributed by atoms with Crippen molar-refractivity contribution in [3.8, 4) is 23.0 Å². The highest BCUT2D eigenvalue weighted by Crippen LogP contribution is 2.33. The van der Waals surface area contributed by atoms with Crippen molar-refractivity contribution in [3.63, 3.8) is 0 Å². The molecule has 10 heteroatoms. The van der Waals surface area contributed by atoms with Gasteiger partial charge in [0.15, 0.2) is 5.82 Å². The Labute approximate surface area is 203 Å². The van der Waals surface area contributed by atoms with E-state index in [1.54, 1.807) is 79.4 Å². The number of nitrogens with one attached hydrogen (secondary N) is 1. The van der Waals surface area contributed by atoms with Gasteiger partial charge in [0, 0.05) is 51.2 Å². The molecule has 0 saturated heterocycles. The smallest absolute Gasteiger partial charge is 0.257 e. The van der Waals surface area contributed by atoms with Crippen LogP contribution < -0.4 is 19.5 Å². The minimum absolute atomic E-state index is 0.111. The Kier molecular flexibility index (Phi) is 7.21. The molecule has 0 radical (unpaired) electrons. The molecule has 1 aliphatic heterocycles. The van der Waals surface area contributed by atoms with E-state index < -0.39 is 0 Å². The molecule has 0 fully saturated rings. The van der Waals surface area contributed by atoms with E-state index >= 15 is 0 Å². The van der Waals surface area contributed by atoms with Crippen molar-refractivity contribution >= 4 is 17.6 Å². The van der Waals surface area contributed by atoms with Gasteiger partial charge in [0.05, 0.1) is 18.7 Å². The number of ether oxygens (including phenoxy) is 4. The summed E-state index contributed by atoms with van der Waals surface area (Å²) in [6, 6.07) is 11.7. The zero-order valence-electron chi connectivity index (χ0n) is 20.1. The summed E-state index contributed by atoms with van der Waals surface area (Å²) >= 11 is 0. The number of likely N-dealkylation sites (N-methyl/N-ethyl adjacent to an activating group) is 1. The quantitative estimate of drug-likeness (QED) is 0.527. The number of carbonyl (C=O) groups excluding carboxylic acids is 2. The van der Waals surface area contributed by atoms with Crippen molar-refractivity contribution in [2.75, 3.05) is 39.2 Å². The molecule has 0 saturated carbocycles. The van der Waals surface area contributed by atoms with Gasteiger partial charge in [-0.1, -0.05) is 0 Å². The molecule has 2 amide bonds. The van der Waals surface area contributed by atoms with Gasteiger partial charge < -0.3 is 29.2 Å². The fraction of sp³-hybridized carbons (Fsp3) is 0.320. The van der Waals surface area contributed by atoms with Gasteiger partial charge in [-0.25, -0.2) is 0 Å². The molecule has 0 unspecified atom stereocenters. The largest absolute Gasteiger partial charge is 0.491 e. The van der Waals surface area contributed by atoms with Crippen molar-refractivity contribution in [2.45, 2.75) is 13.0 Å². The van der Waals surface area contributed by atoms with Crippen LogP contribution in [-0.4, -0.2) is 66.5 Å². The highest BCUT2D eigenvalue weighted by Gasteiger charge is 2.22. The molecule has 0 spiro atoms. The van der Waals surface area contributed by atoms with Gasteiger partial charge in [-0.3, -0.25) is 14.3 Å². The van der Waals surface area contributed by atoms with Crippen LogP contribution in [0.5, 0.6) is 23.0 Å². The first-order chi connectivity index (χ1) is 16.8. The minimum atomic E-state index is -0.364. The number of aromatic nitrogens is 2. The lowest BCUT2D eigenvalue weighted by atomic mass is 10.1. The highest BCUT2D eigenvalue weighted by molar-refractivity contribution is 6.04. The van der Waals surface area contributed by atoms with Crippen LogP contribution in [0.1, 0.15) is 27.6 Å². The first kappa shape index (κ1) is 24.1. The fourth-order valence-corrected chi connectivity index (χ4v) is 3.60. The third-order valence-electron chi connectivity index (χ3n) is 5.29. The number of nitrogens with zero attached hydrogens (tertiary/aromatic N) is 3. The Morgan fingerprint density at radius 3 is 2.69 bits per heavy atom. The molecular weight excluding hydrogens is 452 g/mol. The molecule has 0 bridgehead atoms. The molecule has 1 aliphatic rings. The molecule has 1 atom stereocenters. The number of amides is 2. The van der Waals surface area contributed by atoms with Gasteiger partial charge in [-0.2, -0.15) is 5.10 Å². The fourth-order valence-electron chi connectivity index (χ4n) is 3.60. The van der Waals surface area contributed by atoms with Crippen molar-refractivity contribution in [3.05, 3.63) is 59.8 Å². The normalized spacial score (nSPS) is 13.9. The van der Waals surface area contributed by atoms with E-state index in [9.17, 15) is 9.59 Å². The number of hydrogen-bond acceptors (Lipinski definition) is 7. The number of benzene rings is 2. The van der Waals surface area contributed by atoms with Crippen LogP contribution in [0.3, 0.4) is 0 Å². The van der Waals surface area contributed by atoms with E-state index in [1.165, 1.54) is 0 Å². The summed E-state index contributed by atoms with van der Waals surface area (Å²) in [4.78, 5) is 27.0. The van der Waals surface area contributed by atoms with Gasteiger partial charge in [-0.05, 0) is 31.2 Å². The molecule has 4 rings (SSSR count). The second-order valence-corrected chi connectivity index (χ2v) is 8.24. The SMILES string of the molecule is COC[C@H](C)Oc1cc(Oc2ccc3c(c2)OCCN(C)C3=O)cc(C(=O)Nc2ccn(C)n2)c1. The lowest BCUT2D eigenvalue weighted by Crippen LogP contribution is -2.27. The van der Waals surface area contributed by atoms with Crippen molar-refractivity contribution in [2.24, 2.45) is 7.05 Å². The number of carbonyl (C=O) groups is 2. The number of aryl methyl sites for hydroxylation is 1. The molecule has 2 heterocycles. The van der Waals surface area contributed by atoms with Gasteiger partial charge in [0.1, 0.15) is 35.7 Å². The van der Waals surface area contributed by atoms with E-state index in [0.717, 1.165) is 0 Å². The molecule has 35 heavy (non-hydrogen) atoms. The summed E-state index contributed by atoms with van der Waals surface area (Å²) in [5.41, 5.74) is 0.800. The van der Waals surface area contributed by atoms with Crippen LogP contribution >= 0.6 is 0 Å². The predicted octanol–water partition coefficient (Wildman–Crippen LogP) is 3.34. The predicted molar refractivity (Wildman–Crippen MR) is 129 cm³/mol. The monoisotopic (exact) mass is 480 g/mol. The third-order valence-corrected chi connectivity index (χ3v) is 5.29. The summed E-state index contributed by atoms with van der Waals surface area (Å²) in [6.07, 6.45) is 1.49. The van der Waals surface area contributed by atoms with Crippen molar-refractivity contribution in [1.29, 1.82) is 0 Å². The lowest BCUT2D eigenvalue weighted by molar-refractivity contribution is 0.0796. The van der Waals surface area contributed by atoms with Gasteiger partial charge in [0.2, 0.25) is 0 Å². The van der Waals surface area contributed by atoms with Crippen LogP contribution in [0.15, 0.2) is 48.7 Å². The first-order valence-electron chi connectivity index (χ1n) is 11.1. The average molecular weight is 481 g/mol. The number of hydrogen-bond donors (Lipinski definition) is 1. The Morgan fingerprint density at radius 2 is 1.94 bits per heavy atom. The molecule has 184 valence electrons. The number of fused-ring (bicyclic) bond motifs is 1. The van der Waals surface area contributed by atoms with Crippen LogP contribution in [0, 0.1) is 0 Å². The van der Waals surface area contributed by atoms with Crippen molar-refractivity contribution in [1.82, 2.24) is 14.7 Å². The third kappa shape index (κ3) is 5.90. The van der Waals surface area contributed by atoms with Gasteiger partial charge in [0.25, 0.3) is 11.8 Å². The maximum atomic E-state index is 12.9. The Hall–Kier alpha value is -4.05. The summed E-state index contributed by atoms with van der Waals surface area (Å²) < 4.78 is 24.5. The number of rotatable bonds is 8. The maximum Gasteiger partial charge on any atom is 0.257 e. The maximum absolute atomic E-state index is 12.9. The zero-order chi connectivity index (χ0) is 24.9. The first-order valence-corrected chi connectivity index (χ1v) is 11.1. The Bertz CT molecular complexity index is 1220. The Balaban J connectivity index is 1.61. The number of anilines is 1.